The summed E-state index contributed by atoms with van der Waals surface area (Å²) in [4.78, 5) is 4.14. The summed E-state index contributed by atoms with van der Waals surface area (Å²) in [5, 5.41) is 15.5. The highest BCUT2D eigenvalue weighted by atomic mass is 15.3. The topological polar surface area (TPSA) is 64.5 Å². The van der Waals surface area contributed by atoms with E-state index in [2.05, 4.69) is 25.4 Å². The molecular formula is C9H9N5. The van der Waals surface area contributed by atoms with Gasteiger partial charge in [-0.25, -0.2) is 0 Å². The lowest BCUT2D eigenvalue weighted by atomic mass is 10.2. The van der Waals surface area contributed by atoms with Gasteiger partial charge in [0.2, 0.25) is 5.82 Å². The predicted molar refractivity (Wildman–Crippen MR) is 50.3 cm³/mol. The first-order valence-corrected chi connectivity index (χ1v) is 4.23. The first-order valence-electron chi connectivity index (χ1n) is 4.23. The normalized spacial score (nSPS) is 10.1. The van der Waals surface area contributed by atoms with Gasteiger partial charge in [-0.2, -0.15) is 0 Å². The molecule has 0 unspecified atom stereocenters. The van der Waals surface area contributed by atoms with Crippen LogP contribution in [0.5, 0.6) is 0 Å². The highest BCUT2D eigenvalue weighted by Gasteiger charge is 2.01. The van der Waals surface area contributed by atoms with Crippen molar-refractivity contribution in [1.82, 2.24) is 25.4 Å². The largest absolute Gasteiger partial charge is 0.261 e. The van der Waals surface area contributed by atoms with Crippen LogP contribution in [0.4, 0.5) is 0 Å². The fourth-order valence-corrected chi connectivity index (χ4v) is 0.995. The van der Waals surface area contributed by atoms with Crippen molar-refractivity contribution in [2.75, 3.05) is 0 Å². The van der Waals surface area contributed by atoms with Crippen LogP contribution in [0, 0.1) is 13.8 Å². The standard InChI is InChI=1S/C9H9N5/c1-6-3-4-8(5-10-6)9-13-11-7(2)12-14-9/h3-5H,1-2H3. The molecule has 0 saturated heterocycles. The zero-order valence-electron chi connectivity index (χ0n) is 7.97. The average molecular weight is 187 g/mol. The minimum atomic E-state index is 0.503. The number of nitrogens with zero attached hydrogens (tertiary/aromatic N) is 5. The second kappa shape index (κ2) is 3.45. The third kappa shape index (κ3) is 1.71. The highest BCUT2D eigenvalue weighted by molar-refractivity contribution is 5.51. The van der Waals surface area contributed by atoms with Crippen LogP contribution >= 0.6 is 0 Å². The Balaban J connectivity index is 2.40. The van der Waals surface area contributed by atoms with E-state index in [9.17, 15) is 0 Å². The van der Waals surface area contributed by atoms with Gasteiger partial charge in [0, 0.05) is 17.5 Å². The van der Waals surface area contributed by atoms with Crippen LogP contribution in [0.2, 0.25) is 0 Å². The molecule has 0 saturated carbocycles. The molecule has 0 spiro atoms. The van der Waals surface area contributed by atoms with Crippen molar-refractivity contribution >= 4 is 0 Å². The molecule has 70 valence electrons. The smallest absolute Gasteiger partial charge is 0.205 e. The quantitative estimate of drug-likeness (QED) is 0.664. The fraction of sp³-hybridized carbons (Fsp3) is 0.222. The molecule has 0 radical (unpaired) electrons. The lowest BCUT2D eigenvalue weighted by Gasteiger charge is -1.97. The average Bonchev–Trinajstić information content (AvgIpc) is 2.21. The van der Waals surface area contributed by atoms with Gasteiger partial charge in [0.25, 0.3) is 0 Å². The van der Waals surface area contributed by atoms with E-state index in [1.54, 1.807) is 13.1 Å². The summed E-state index contributed by atoms with van der Waals surface area (Å²) in [7, 11) is 0. The monoisotopic (exact) mass is 187 g/mol. The molecule has 0 atom stereocenters. The number of pyridine rings is 1. The molecule has 2 aromatic rings. The molecule has 2 rings (SSSR count). The van der Waals surface area contributed by atoms with Gasteiger partial charge >= 0.3 is 0 Å². The van der Waals surface area contributed by atoms with Crippen LogP contribution in [0.15, 0.2) is 18.3 Å². The number of hydrogen-bond acceptors (Lipinski definition) is 5. The second-order valence-corrected chi connectivity index (χ2v) is 2.96. The van der Waals surface area contributed by atoms with Gasteiger partial charge in [-0.05, 0) is 26.0 Å². The van der Waals surface area contributed by atoms with Crippen LogP contribution in [0.25, 0.3) is 11.4 Å². The predicted octanol–water partition coefficient (Wildman–Crippen LogP) is 0.945. The SMILES string of the molecule is Cc1ccc(-c2nnc(C)nn2)cn1. The molecule has 0 amide bonds. The van der Waals surface area contributed by atoms with Crippen molar-refractivity contribution in [1.29, 1.82) is 0 Å². The molecule has 2 aromatic heterocycles. The Morgan fingerprint density at radius 1 is 0.929 bits per heavy atom. The Labute approximate surface area is 81.3 Å². The molecule has 0 aliphatic heterocycles. The van der Waals surface area contributed by atoms with Crippen molar-refractivity contribution in [2.45, 2.75) is 13.8 Å². The maximum atomic E-state index is 4.14. The summed E-state index contributed by atoms with van der Waals surface area (Å²) in [5.74, 6) is 1.07. The number of hydrogen-bond donors (Lipinski definition) is 0. The summed E-state index contributed by atoms with van der Waals surface area (Å²) >= 11 is 0. The van der Waals surface area contributed by atoms with Gasteiger partial charge in [0.15, 0.2) is 5.82 Å². The maximum absolute atomic E-state index is 4.14. The van der Waals surface area contributed by atoms with E-state index in [0.29, 0.717) is 11.6 Å². The molecule has 5 nitrogen and oxygen atoms in total. The van der Waals surface area contributed by atoms with Gasteiger partial charge in [-0.3, -0.25) is 4.98 Å². The van der Waals surface area contributed by atoms with E-state index in [0.717, 1.165) is 11.3 Å². The van der Waals surface area contributed by atoms with Crippen molar-refractivity contribution < 1.29 is 0 Å². The van der Waals surface area contributed by atoms with Gasteiger partial charge in [-0.15, -0.1) is 20.4 Å². The van der Waals surface area contributed by atoms with Crippen molar-refractivity contribution in [3.05, 3.63) is 29.8 Å². The van der Waals surface area contributed by atoms with E-state index in [-0.39, 0.29) is 0 Å². The van der Waals surface area contributed by atoms with Crippen LogP contribution in [-0.2, 0) is 0 Å². The van der Waals surface area contributed by atoms with E-state index in [1.807, 2.05) is 19.1 Å². The Morgan fingerprint density at radius 2 is 1.64 bits per heavy atom. The Hall–Kier alpha value is -1.91. The van der Waals surface area contributed by atoms with Crippen LogP contribution < -0.4 is 0 Å². The first kappa shape index (κ1) is 8.68. The summed E-state index contributed by atoms with van der Waals surface area (Å²) in [6, 6.07) is 3.80. The van der Waals surface area contributed by atoms with E-state index in [1.165, 1.54) is 0 Å². The van der Waals surface area contributed by atoms with Crippen molar-refractivity contribution in [2.24, 2.45) is 0 Å². The molecule has 0 fully saturated rings. The van der Waals surface area contributed by atoms with Crippen LogP contribution in [-0.4, -0.2) is 25.4 Å². The van der Waals surface area contributed by atoms with Gasteiger partial charge < -0.3 is 0 Å². The zero-order valence-corrected chi connectivity index (χ0v) is 7.97. The summed E-state index contributed by atoms with van der Waals surface area (Å²) in [6.07, 6.45) is 1.71. The van der Waals surface area contributed by atoms with E-state index >= 15 is 0 Å². The Bertz CT molecular complexity index is 376. The molecule has 2 heterocycles. The lowest BCUT2D eigenvalue weighted by molar-refractivity contribution is 0.815. The fourth-order valence-electron chi connectivity index (χ4n) is 0.995. The van der Waals surface area contributed by atoms with Crippen LogP contribution in [0.3, 0.4) is 0 Å². The van der Waals surface area contributed by atoms with Gasteiger partial charge in [0.1, 0.15) is 0 Å². The van der Waals surface area contributed by atoms with E-state index in [4.69, 9.17) is 0 Å². The minimum absolute atomic E-state index is 0.503. The third-order valence-corrected chi connectivity index (χ3v) is 1.75. The summed E-state index contributed by atoms with van der Waals surface area (Å²) in [6.45, 7) is 3.67. The van der Waals surface area contributed by atoms with Crippen LogP contribution in [0.1, 0.15) is 11.5 Å². The van der Waals surface area contributed by atoms with Crippen molar-refractivity contribution in [3.63, 3.8) is 0 Å². The molecule has 0 aliphatic rings. The minimum Gasteiger partial charge on any atom is -0.261 e. The molecule has 14 heavy (non-hydrogen) atoms. The third-order valence-electron chi connectivity index (χ3n) is 1.75. The van der Waals surface area contributed by atoms with Gasteiger partial charge in [-0.1, -0.05) is 0 Å². The molecular weight excluding hydrogens is 178 g/mol. The molecule has 0 N–H and O–H groups in total. The summed E-state index contributed by atoms with van der Waals surface area (Å²) < 4.78 is 0. The first-order chi connectivity index (χ1) is 6.75. The molecule has 0 bridgehead atoms. The zero-order chi connectivity index (χ0) is 9.97. The number of aryl methyl sites for hydroxylation is 2. The molecule has 0 aromatic carbocycles. The summed E-state index contributed by atoms with van der Waals surface area (Å²) in [5.41, 5.74) is 1.79. The second-order valence-electron chi connectivity index (χ2n) is 2.96. The van der Waals surface area contributed by atoms with E-state index < -0.39 is 0 Å². The Kier molecular flexibility index (Phi) is 2.14. The number of rotatable bonds is 1. The highest BCUT2D eigenvalue weighted by Crippen LogP contribution is 2.10. The maximum Gasteiger partial charge on any atom is 0.205 e. The Morgan fingerprint density at radius 3 is 2.21 bits per heavy atom. The number of aromatic nitrogens is 5. The molecule has 5 heteroatoms. The van der Waals surface area contributed by atoms with Crippen molar-refractivity contribution in [3.8, 4) is 11.4 Å². The van der Waals surface area contributed by atoms with Gasteiger partial charge in [0.05, 0.1) is 0 Å². The molecule has 0 aliphatic carbocycles. The lowest BCUT2D eigenvalue weighted by Crippen LogP contribution is -1.98.